The van der Waals surface area contributed by atoms with Crippen LogP contribution in [0.4, 0.5) is 5.69 Å². The van der Waals surface area contributed by atoms with Crippen LogP contribution in [0.5, 0.6) is 11.6 Å². The highest BCUT2D eigenvalue weighted by Crippen LogP contribution is 2.36. The number of hydrogen-bond donors (Lipinski definition) is 2. The first kappa shape index (κ1) is 29.1. The van der Waals surface area contributed by atoms with E-state index in [0.717, 1.165) is 12.1 Å². The highest BCUT2D eigenvalue weighted by molar-refractivity contribution is 7.89. The van der Waals surface area contributed by atoms with Crippen molar-refractivity contribution in [3.63, 3.8) is 0 Å². The number of non-ortho nitro benzene ring substituents is 1. The molecule has 0 aliphatic heterocycles. The molecule has 3 rings (SSSR count). The van der Waals surface area contributed by atoms with Gasteiger partial charge in [-0.25, -0.2) is 13.1 Å². The average Bonchev–Trinajstić information content (AvgIpc) is 3.18. The molecule has 204 valence electrons. The van der Waals surface area contributed by atoms with Crippen LogP contribution in [0.25, 0.3) is 5.69 Å². The average molecular weight is 564 g/mol. The van der Waals surface area contributed by atoms with Crippen molar-refractivity contribution in [2.45, 2.75) is 52.0 Å². The fraction of sp³-hybridized carbons (Fsp3) is 0.360. The van der Waals surface area contributed by atoms with Crippen LogP contribution in [0.3, 0.4) is 0 Å². The molecule has 0 saturated heterocycles. The van der Waals surface area contributed by atoms with E-state index in [1.54, 1.807) is 31.2 Å². The van der Waals surface area contributed by atoms with Crippen molar-refractivity contribution in [3.05, 3.63) is 68.9 Å². The maximum atomic E-state index is 13.2. The number of hydrogen-bond acceptors (Lipinski definition) is 7. The van der Waals surface area contributed by atoms with Crippen LogP contribution >= 0.6 is 11.6 Å². The fourth-order valence-corrected chi connectivity index (χ4v) is 4.90. The standard InChI is InChI=1S/C25H30ClN5O6S/c1-6-16(4)28-24(32)23-17(5)25(30(29-23)19-9-7-8-18(26)12-19)37-21-11-10-20(31(33)34)13-22(21)38(35,36)27-14-15(2)3/h7-13,15-16,27H,6,14H2,1-5H3,(H,28,32)/t16-/m0/s1. The van der Waals surface area contributed by atoms with Gasteiger partial charge in [-0.05, 0) is 50.5 Å². The summed E-state index contributed by atoms with van der Waals surface area (Å²) in [5.41, 5.74) is 0.450. The number of aromatic nitrogens is 2. The third-order valence-electron chi connectivity index (χ3n) is 5.64. The first-order valence-corrected chi connectivity index (χ1v) is 13.8. The molecular weight excluding hydrogens is 534 g/mol. The molecule has 0 aliphatic rings. The van der Waals surface area contributed by atoms with E-state index in [4.69, 9.17) is 16.3 Å². The van der Waals surface area contributed by atoms with Crippen molar-refractivity contribution in [1.29, 1.82) is 0 Å². The normalized spacial score (nSPS) is 12.4. The van der Waals surface area contributed by atoms with Gasteiger partial charge in [-0.1, -0.05) is 38.4 Å². The number of sulfonamides is 1. The zero-order valence-corrected chi connectivity index (χ0v) is 23.3. The fourth-order valence-electron chi connectivity index (χ4n) is 3.36. The van der Waals surface area contributed by atoms with E-state index in [9.17, 15) is 23.3 Å². The summed E-state index contributed by atoms with van der Waals surface area (Å²) in [6.45, 7) is 9.17. The van der Waals surface area contributed by atoms with E-state index in [1.165, 1.54) is 10.7 Å². The number of amides is 1. The number of rotatable bonds is 11. The van der Waals surface area contributed by atoms with Gasteiger partial charge in [0, 0.05) is 35.3 Å². The summed E-state index contributed by atoms with van der Waals surface area (Å²) in [5, 5.41) is 19.1. The maximum Gasteiger partial charge on any atom is 0.272 e. The van der Waals surface area contributed by atoms with Gasteiger partial charge in [0.2, 0.25) is 15.9 Å². The summed E-state index contributed by atoms with van der Waals surface area (Å²) in [6, 6.07) is 9.83. The molecule has 2 aromatic carbocycles. The lowest BCUT2D eigenvalue weighted by molar-refractivity contribution is -0.385. The Hall–Kier alpha value is -3.48. The minimum Gasteiger partial charge on any atom is -0.437 e. The Balaban J connectivity index is 2.19. The number of nitrogens with one attached hydrogen (secondary N) is 2. The Morgan fingerprint density at radius 1 is 1.21 bits per heavy atom. The highest BCUT2D eigenvalue weighted by Gasteiger charge is 2.28. The number of halogens is 1. The van der Waals surface area contributed by atoms with E-state index in [0.29, 0.717) is 22.7 Å². The van der Waals surface area contributed by atoms with Gasteiger partial charge in [-0.15, -0.1) is 0 Å². The van der Waals surface area contributed by atoms with Gasteiger partial charge in [0.25, 0.3) is 11.6 Å². The molecule has 1 aromatic heterocycles. The van der Waals surface area contributed by atoms with Crippen LogP contribution < -0.4 is 14.8 Å². The maximum absolute atomic E-state index is 13.2. The summed E-state index contributed by atoms with van der Waals surface area (Å²) in [6.07, 6.45) is 0.705. The molecule has 2 N–H and O–H groups in total. The summed E-state index contributed by atoms with van der Waals surface area (Å²) in [5.74, 6) is -0.564. The third-order valence-corrected chi connectivity index (χ3v) is 7.32. The lowest BCUT2D eigenvalue weighted by Gasteiger charge is -2.15. The lowest BCUT2D eigenvalue weighted by Crippen LogP contribution is -2.32. The molecule has 0 spiro atoms. The lowest BCUT2D eigenvalue weighted by atomic mass is 10.2. The van der Waals surface area contributed by atoms with E-state index >= 15 is 0 Å². The van der Waals surface area contributed by atoms with Crippen LogP contribution in [-0.2, 0) is 10.0 Å². The van der Waals surface area contributed by atoms with Crippen molar-refractivity contribution in [1.82, 2.24) is 19.8 Å². The Labute approximate surface area is 226 Å². The molecule has 3 aromatic rings. The van der Waals surface area contributed by atoms with Crippen molar-refractivity contribution < 1.29 is 22.9 Å². The second-order valence-corrected chi connectivity index (χ2v) is 11.4. The zero-order chi connectivity index (χ0) is 28.2. The summed E-state index contributed by atoms with van der Waals surface area (Å²) in [4.78, 5) is 23.3. The van der Waals surface area contributed by atoms with Crippen molar-refractivity contribution in [2.75, 3.05) is 6.54 Å². The van der Waals surface area contributed by atoms with Crippen molar-refractivity contribution >= 4 is 33.2 Å². The number of carbonyl (C=O) groups excluding carboxylic acids is 1. The van der Waals surface area contributed by atoms with Crippen LogP contribution in [0, 0.1) is 23.0 Å². The first-order chi connectivity index (χ1) is 17.8. The molecule has 0 radical (unpaired) electrons. The monoisotopic (exact) mass is 563 g/mol. The second-order valence-electron chi connectivity index (χ2n) is 9.19. The van der Waals surface area contributed by atoms with Gasteiger partial charge in [0.15, 0.2) is 5.69 Å². The minimum atomic E-state index is -4.20. The minimum absolute atomic E-state index is 0.00840. The summed E-state index contributed by atoms with van der Waals surface area (Å²) < 4.78 is 36.2. The number of ether oxygens (including phenoxy) is 1. The molecule has 0 bridgehead atoms. The Bertz CT molecular complexity index is 1450. The molecule has 0 unspecified atom stereocenters. The molecule has 1 heterocycles. The van der Waals surface area contributed by atoms with Crippen LogP contribution in [0.2, 0.25) is 5.02 Å². The third kappa shape index (κ3) is 6.69. The Kier molecular flexibility index (Phi) is 9.13. The van der Waals surface area contributed by atoms with Gasteiger partial charge >= 0.3 is 0 Å². The predicted octanol–water partition coefficient (Wildman–Crippen LogP) is 5.00. The van der Waals surface area contributed by atoms with Crippen molar-refractivity contribution in [2.24, 2.45) is 5.92 Å². The molecule has 0 fully saturated rings. The predicted molar refractivity (Wildman–Crippen MR) is 144 cm³/mol. The quantitative estimate of drug-likeness (QED) is 0.246. The SMILES string of the molecule is CC[C@H](C)NC(=O)c1nn(-c2cccc(Cl)c2)c(Oc2ccc([N+](=O)[O-])cc2S(=O)(=O)NCC(C)C)c1C. The van der Waals surface area contributed by atoms with Gasteiger partial charge in [-0.2, -0.15) is 9.78 Å². The van der Waals surface area contributed by atoms with Gasteiger partial charge in [0.05, 0.1) is 10.6 Å². The molecule has 1 amide bonds. The molecule has 13 heteroatoms. The van der Waals surface area contributed by atoms with Gasteiger partial charge < -0.3 is 10.1 Å². The van der Waals surface area contributed by atoms with Crippen LogP contribution in [0.15, 0.2) is 47.4 Å². The van der Waals surface area contributed by atoms with E-state index in [2.05, 4.69) is 15.1 Å². The molecular formula is C25H30ClN5O6S. The smallest absolute Gasteiger partial charge is 0.272 e. The molecule has 0 aliphatic carbocycles. The van der Waals surface area contributed by atoms with Gasteiger partial charge in [-0.3, -0.25) is 14.9 Å². The summed E-state index contributed by atoms with van der Waals surface area (Å²) in [7, 11) is -4.20. The Morgan fingerprint density at radius 2 is 1.92 bits per heavy atom. The second kappa shape index (κ2) is 11.9. The first-order valence-electron chi connectivity index (χ1n) is 12.0. The molecule has 0 saturated carbocycles. The van der Waals surface area contributed by atoms with Crippen molar-refractivity contribution in [3.8, 4) is 17.3 Å². The summed E-state index contributed by atoms with van der Waals surface area (Å²) >= 11 is 6.18. The molecule has 11 nitrogen and oxygen atoms in total. The van der Waals surface area contributed by atoms with E-state index in [-0.39, 0.29) is 35.8 Å². The highest BCUT2D eigenvalue weighted by atomic mass is 35.5. The van der Waals surface area contributed by atoms with Crippen LogP contribution in [0.1, 0.15) is 50.2 Å². The van der Waals surface area contributed by atoms with E-state index < -0.39 is 31.4 Å². The zero-order valence-electron chi connectivity index (χ0n) is 21.7. The Morgan fingerprint density at radius 3 is 2.53 bits per heavy atom. The van der Waals surface area contributed by atoms with E-state index in [1.807, 2.05) is 27.7 Å². The largest absolute Gasteiger partial charge is 0.437 e. The number of nitro groups is 1. The number of benzene rings is 2. The number of carbonyl (C=O) groups is 1. The topological polar surface area (TPSA) is 145 Å². The van der Waals surface area contributed by atoms with Crippen LogP contribution in [-0.4, -0.2) is 41.6 Å². The van der Waals surface area contributed by atoms with Gasteiger partial charge in [0.1, 0.15) is 10.6 Å². The molecule has 1 atom stereocenters. The number of nitrogens with zero attached hydrogens (tertiary/aromatic N) is 3. The molecule has 38 heavy (non-hydrogen) atoms. The number of nitro benzene ring substituents is 1.